The fourth-order valence-electron chi connectivity index (χ4n) is 5.12. The van der Waals surface area contributed by atoms with Gasteiger partial charge in [0.15, 0.2) is 0 Å². The molecule has 0 bridgehead atoms. The summed E-state index contributed by atoms with van der Waals surface area (Å²) in [6.45, 7) is 6.29. The van der Waals surface area contributed by atoms with Crippen LogP contribution in [0.2, 0.25) is 0 Å². The molecule has 2 saturated carbocycles. The van der Waals surface area contributed by atoms with Crippen LogP contribution < -0.4 is 5.32 Å². The summed E-state index contributed by atoms with van der Waals surface area (Å²) in [5, 5.41) is 3.81. The average molecular weight is 278 g/mol. The van der Waals surface area contributed by atoms with Crippen LogP contribution in [0.3, 0.4) is 0 Å². The van der Waals surface area contributed by atoms with Crippen LogP contribution >= 0.6 is 0 Å². The van der Waals surface area contributed by atoms with Gasteiger partial charge in [-0.05, 0) is 70.5 Å². The number of nitrogens with zero attached hydrogens (tertiary/aromatic N) is 1. The van der Waals surface area contributed by atoms with E-state index in [0.717, 1.165) is 12.0 Å². The molecular weight excluding hydrogens is 244 g/mol. The van der Waals surface area contributed by atoms with Crippen LogP contribution in [0.1, 0.15) is 77.6 Å². The summed E-state index contributed by atoms with van der Waals surface area (Å²) in [5.74, 6) is 0.978. The molecule has 2 nitrogen and oxygen atoms in total. The maximum absolute atomic E-state index is 3.81. The molecule has 0 aromatic rings. The predicted octanol–water partition coefficient (Wildman–Crippen LogP) is 3.95. The molecule has 116 valence electrons. The fourth-order valence-corrected chi connectivity index (χ4v) is 5.12. The molecule has 1 heterocycles. The second-order valence-electron chi connectivity index (χ2n) is 7.52. The first-order valence-electron chi connectivity index (χ1n) is 9.33. The van der Waals surface area contributed by atoms with Gasteiger partial charge in [0.05, 0.1) is 0 Å². The molecule has 1 N–H and O–H groups in total. The maximum atomic E-state index is 3.81. The molecule has 0 radical (unpaired) electrons. The van der Waals surface area contributed by atoms with Gasteiger partial charge in [-0.3, -0.25) is 4.90 Å². The first kappa shape index (κ1) is 14.8. The maximum Gasteiger partial charge on any atom is 0.0238 e. The summed E-state index contributed by atoms with van der Waals surface area (Å²) < 4.78 is 0. The zero-order chi connectivity index (χ0) is 13.8. The van der Waals surface area contributed by atoms with Crippen LogP contribution in [-0.4, -0.2) is 36.1 Å². The molecule has 1 aliphatic heterocycles. The van der Waals surface area contributed by atoms with Gasteiger partial charge in [-0.25, -0.2) is 0 Å². The van der Waals surface area contributed by atoms with Crippen LogP contribution in [-0.2, 0) is 0 Å². The van der Waals surface area contributed by atoms with Crippen molar-refractivity contribution in [3.63, 3.8) is 0 Å². The Morgan fingerprint density at radius 2 is 1.80 bits per heavy atom. The Hall–Kier alpha value is -0.0800. The van der Waals surface area contributed by atoms with Gasteiger partial charge in [-0.15, -0.1) is 0 Å². The Bertz CT molecular complexity index is 292. The van der Waals surface area contributed by atoms with E-state index in [0.29, 0.717) is 5.54 Å². The van der Waals surface area contributed by atoms with Gasteiger partial charge in [0.2, 0.25) is 0 Å². The van der Waals surface area contributed by atoms with Crippen molar-refractivity contribution in [2.45, 2.75) is 89.1 Å². The highest BCUT2D eigenvalue weighted by Gasteiger charge is 2.47. The second-order valence-corrected chi connectivity index (χ2v) is 7.52. The average Bonchev–Trinajstić information content (AvgIpc) is 2.44. The molecule has 3 rings (SSSR count). The van der Waals surface area contributed by atoms with Gasteiger partial charge in [-0.2, -0.15) is 0 Å². The highest BCUT2D eigenvalue weighted by Crippen LogP contribution is 2.47. The van der Waals surface area contributed by atoms with E-state index in [1.807, 2.05) is 0 Å². The van der Waals surface area contributed by atoms with Crippen molar-refractivity contribution >= 4 is 0 Å². The highest BCUT2D eigenvalue weighted by atomic mass is 15.2. The third-order valence-corrected chi connectivity index (χ3v) is 6.32. The lowest BCUT2D eigenvalue weighted by molar-refractivity contribution is -0.0551. The monoisotopic (exact) mass is 278 g/mol. The quantitative estimate of drug-likeness (QED) is 0.819. The van der Waals surface area contributed by atoms with Gasteiger partial charge in [0.25, 0.3) is 0 Å². The molecule has 2 aliphatic carbocycles. The van der Waals surface area contributed by atoms with Crippen LogP contribution in [0, 0.1) is 5.92 Å². The van der Waals surface area contributed by atoms with Crippen molar-refractivity contribution in [2.75, 3.05) is 19.6 Å². The van der Waals surface area contributed by atoms with E-state index in [2.05, 4.69) is 17.1 Å². The lowest BCUT2D eigenvalue weighted by atomic mass is 9.65. The van der Waals surface area contributed by atoms with Crippen molar-refractivity contribution in [2.24, 2.45) is 5.92 Å². The summed E-state index contributed by atoms with van der Waals surface area (Å²) in [4.78, 5) is 2.89. The van der Waals surface area contributed by atoms with Gasteiger partial charge in [0, 0.05) is 11.6 Å². The zero-order valence-corrected chi connectivity index (χ0v) is 13.5. The minimum Gasteiger partial charge on any atom is -0.314 e. The molecular formula is C18H34N2. The molecule has 1 saturated heterocycles. The molecule has 0 aromatic carbocycles. The van der Waals surface area contributed by atoms with Gasteiger partial charge >= 0.3 is 0 Å². The largest absolute Gasteiger partial charge is 0.314 e. The molecule has 20 heavy (non-hydrogen) atoms. The number of hydrogen-bond donors (Lipinski definition) is 1. The molecule has 2 heteroatoms. The standard InChI is InChI=1S/C18H34N2/c1-2-12-19-17-9-6-8-16(15-17)18(20-13-7-14-20)10-4-3-5-11-18/h16-17,19H,2-15H2,1H3. The Morgan fingerprint density at radius 1 is 1.00 bits per heavy atom. The van der Waals surface area contributed by atoms with E-state index in [1.165, 1.54) is 90.3 Å². The van der Waals surface area contributed by atoms with E-state index >= 15 is 0 Å². The third-order valence-electron chi connectivity index (χ3n) is 6.32. The van der Waals surface area contributed by atoms with Gasteiger partial charge in [-0.1, -0.05) is 32.6 Å². The van der Waals surface area contributed by atoms with Gasteiger partial charge in [0.1, 0.15) is 0 Å². The van der Waals surface area contributed by atoms with Gasteiger partial charge < -0.3 is 5.32 Å². The van der Waals surface area contributed by atoms with Crippen molar-refractivity contribution in [1.29, 1.82) is 0 Å². The van der Waals surface area contributed by atoms with Crippen molar-refractivity contribution in [3.8, 4) is 0 Å². The Kier molecular flexibility index (Phi) is 5.04. The topological polar surface area (TPSA) is 15.3 Å². The number of hydrogen-bond acceptors (Lipinski definition) is 2. The lowest BCUT2D eigenvalue weighted by Crippen LogP contribution is -2.61. The number of nitrogens with one attached hydrogen (secondary N) is 1. The predicted molar refractivity (Wildman–Crippen MR) is 86.0 cm³/mol. The molecule has 0 amide bonds. The zero-order valence-electron chi connectivity index (χ0n) is 13.5. The Balaban J connectivity index is 1.66. The van der Waals surface area contributed by atoms with Crippen LogP contribution in [0.4, 0.5) is 0 Å². The third kappa shape index (κ3) is 2.92. The second kappa shape index (κ2) is 6.79. The Morgan fingerprint density at radius 3 is 2.45 bits per heavy atom. The molecule has 3 aliphatic rings. The Labute approximate surface area is 125 Å². The summed E-state index contributed by atoms with van der Waals surface area (Å²) >= 11 is 0. The van der Waals surface area contributed by atoms with E-state index in [1.54, 1.807) is 0 Å². The van der Waals surface area contributed by atoms with Crippen LogP contribution in [0.5, 0.6) is 0 Å². The van der Waals surface area contributed by atoms with Crippen LogP contribution in [0.25, 0.3) is 0 Å². The van der Waals surface area contributed by atoms with Crippen molar-refractivity contribution in [1.82, 2.24) is 10.2 Å². The lowest BCUT2D eigenvalue weighted by Gasteiger charge is -2.56. The first-order valence-corrected chi connectivity index (χ1v) is 9.33. The normalized spacial score (nSPS) is 34.6. The molecule has 3 fully saturated rings. The van der Waals surface area contributed by atoms with Crippen molar-refractivity contribution in [3.05, 3.63) is 0 Å². The summed E-state index contributed by atoms with van der Waals surface area (Å²) in [5.41, 5.74) is 0.614. The number of likely N-dealkylation sites (tertiary alicyclic amines) is 1. The SMILES string of the molecule is CCCNC1CCCC(C2(N3CCC3)CCCCC2)C1. The smallest absolute Gasteiger partial charge is 0.0238 e. The minimum absolute atomic E-state index is 0.614. The van der Waals surface area contributed by atoms with E-state index in [-0.39, 0.29) is 0 Å². The summed E-state index contributed by atoms with van der Waals surface area (Å²) in [6, 6.07) is 0.814. The first-order chi connectivity index (χ1) is 9.85. The minimum atomic E-state index is 0.614. The highest BCUT2D eigenvalue weighted by molar-refractivity contribution is 5.03. The number of rotatable bonds is 5. The van der Waals surface area contributed by atoms with E-state index in [4.69, 9.17) is 0 Å². The summed E-state index contributed by atoms with van der Waals surface area (Å²) in [7, 11) is 0. The van der Waals surface area contributed by atoms with Crippen molar-refractivity contribution < 1.29 is 0 Å². The van der Waals surface area contributed by atoms with E-state index < -0.39 is 0 Å². The molecule has 0 spiro atoms. The van der Waals surface area contributed by atoms with E-state index in [9.17, 15) is 0 Å². The molecule has 2 unspecified atom stereocenters. The molecule has 2 atom stereocenters. The molecule has 0 aromatic heterocycles. The fraction of sp³-hybridized carbons (Fsp3) is 1.00. The van der Waals surface area contributed by atoms with Crippen LogP contribution in [0.15, 0.2) is 0 Å². The summed E-state index contributed by atoms with van der Waals surface area (Å²) in [6.07, 6.45) is 16.0.